The Hall–Kier alpha value is -1.39. The van der Waals surface area contributed by atoms with E-state index in [1.165, 1.54) is 0 Å². The number of hydrogen-bond donors (Lipinski definition) is 2. The number of amides is 1. The standard InChI is InChI=1S/C13H18N2O2/c1-10-2-4-11(5-3-10)13(16)15-7-6-14-12-8-17-9-12/h2-5,12,14H,6-9H2,1H3,(H,15,16). The van der Waals surface area contributed by atoms with E-state index in [1.807, 2.05) is 31.2 Å². The van der Waals surface area contributed by atoms with Crippen LogP contribution < -0.4 is 10.6 Å². The van der Waals surface area contributed by atoms with Gasteiger partial charge in [-0.05, 0) is 19.1 Å². The minimum atomic E-state index is -0.0170. The predicted molar refractivity (Wildman–Crippen MR) is 66.1 cm³/mol. The Balaban J connectivity index is 1.67. The number of carbonyl (C=O) groups excluding carboxylic acids is 1. The molecule has 0 unspecified atom stereocenters. The van der Waals surface area contributed by atoms with Crippen molar-refractivity contribution in [2.75, 3.05) is 26.3 Å². The largest absolute Gasteiger partial charge is 0.378 e. The smallest absolute Gasteiger partial charge is 0.251 e. The van der Waals surface area contributed by atoms with Gasteiger partial charge in [0.1, 0.15) is 0 Å². The number of carbonyl (C=O) groups is 1. The zero-order chi connectivity index (χ0) is 12.1. The van der Waals surface area contributed by atoms with Crippen molar-refractivity contribution in [3.05, 3.63) is 35.4 Å². The van der Waals surface area contributed by atoms with Crippen LogP contribution in [-0.2, 0) is 4.74 Å². The molecule has 17 heavy (non-hydrogen) atoms. The summed E-state index contributed by atoms with van der Waals surface area (Å²) in [5, 5.41) is 6.18. The van der Waals surface area contributed by atoms with Crippen molar-refractivity contribution in [1.29, 1.82) is 0 Å². The average Bonchev–Trinajstić information content (AvgIpc) is 2.27. The van der Waals surface area contributed by atoms with Crippen molar-refractivity contribution in [3.8, 4) is 0 Å². The first-order valence-electron chi connectivity index (χ1n) is 5.92. The van der Waals surface area contributed by atoms with E-state index in [1.54, 1.807) is 0 Å². The zero-order valence-electron chi connectivity index (χ0n) is 10.0. The molecule has 1 amide bonds. The first kappa shape index (κ1) is 12.1. The van der Waals surface area contributed by atoms with E-state index in [-0.39, 0.29) is 5.91 Å². The molecule has 4 heteroatoms. The maximum Gasteiger partial charge on any atom is 0.251 e. The Bertz CT molecular complexity index is 372. The molecule has 1 saturated heterocycles. The number of rotatable bonds is 5. The minimum absolute atomic E-state index is 0.0170. The highest BCUT2D eigenvalue weighted by Gasteiger charge is 2.16. The van der Waals surface area contributed by atoms with Gasteiger partial charge in [-0.3, -0.25) is 4.79 Å². The van der Waals surface area contributed by atoms with Gasteiger partial charge in [-0.2, -0.15) is 0 Å². The van der Waals surface area contributed by atoms with E-state index in [4.69, 9.17) is 4.74 Å². The summed E-state index contributed by atoms with van der Waals surface area (Å²) in [6, 6.07) is 8.04. The Labute approximate surface area is 101 Å². The maximum absolute atomic E-state index is 11.7. The van der Waals surface area contributed by atoms with Crippen molar-refractivity contribution < 1.29 is 9.53 Å². The van der Waals surface area contributed by atoms with Crippen LogP contribution in [0.5, 0.6) is 0 Å². The van der Waals surface area contributed by atoms with Crippen LogP contribution in [0.3, 0.4) is 0 Å². The number of aryl methyl sites for hydroxylation is 1. The van der Waals surface area contributed by atoms with Gasteiger partial charge in [0.05, 0.1) is 19.3 Å². The SMILES string of the molecule is Cc1ccc(C(=O)NCCNC2COC2)cc1. The van der Waals surface area contributed by atoms with Crippen LogP contribution in [0.25, 0.3) is 0 Å². The highest BCUT2D eigenvalue weighted by Crippen LogP contribution is 2.02. The number of nitrogens with one attached hydrogen (secondary N) is 2. The summed E-state index contributed by atoms with van der Waals surface area (Å²) >= 11 is 0. The molecule has 0 aliphatic carbocycles. The van der Waals surface area contributed by atoms with Gasteiger partial charge in [0, 0.05) is 18.7 Å². The summed E-state index contributed by atoms with van der Waals surface area (Å²) in [4.78, 5) is 11.7. The molecule has 0 radical (unpaired) electrons. The molecule has 1 aliphatic heterocycles. The van der Waals surface area contributed by atoms with Crippen LogP contribution >= 0.6 is 0 Å². The molecule has 0 saturated carbocycles. The lowest BCUT2D eigenvalue weighted by Crippen LogP contribution is -2.48. The van der Waals surface area contributed by atoms with Gasteiger partial charge in [-0.1, -0.05) is 17.7 Å². The molecular formula is C13H18N2O2. The average molecular weight is 234 g/mol. The van der Waals surface area contributed by atoms with Crippen LogP contribution in [0.2, 0.25) is 0 Å². The van der Waals surface area contributed by atoms with Crippen LogP contribution in [0, 0.1) is 6.92 Å². The molecule has 92 valence electrons. The van der Waals surface area contributed by atoms with Crippen LogP contribution in [0.4, 0.5) is 0 Å². The van der Waals surface area contributed by atoms with E-state index in [9.17, 15) is 4.79 Å². The van der Waals surface area contributed by atoms with Crippen LogP contribution in [0.15, 0.2) is 24.3 Å². The van der Waals surface area contributed by atoms with Gasteiger partial charge < -0.3 is 15.4 Å². The second-order valence-corrected chi connectivity index (χ2v) is 4.31. The molecular weight excluding hydrogens is 216 g/mol. The first-order valence-corrected chi connectivity index (χ1v) is 5.92. The van der Waals surface area contributed by atoms with Gasteiger partial charge >= 0.3 is 0 Å². The molecule has 0 aromatic heterocycles. The molecule has 1 aromatic rings. The molecule has 1 fully saturated rings. The lowest BCUT2D eigenvalue weighted by molar-refractivity contribution is -0.00462. The fraction of sp³-hybridized carbons (Fsp3) is 0.462. The van der Waals surface area contributed by atoms with Crippen molar-refractivity contribution >= 4 is 5.91 Å². The lowest BCUT2D eigenvalue weighted by Gasteiger charge is -2.26. The molecule has 2 N–H and O–H groups in total. The Morgan fingerprint density at radius 2 is 2.00 bits per heavy atom. The van der Waals surface area contributed by atoms with Crippen molar-refractivity contribution in [2.24, 2.45) is 0 Å². The first-order chi connectivity index (χ1) is 8.25. The second-order valence-electron chi connectivity index (χ2n) is 4.31. The maximum atomic E-state index is 11.7. The van der Waals surface area contributed by atoms with E-state index in [2.05, 4.69) is 10.6 Å². The van der Waals surface area contributed by atoms with Crippen molar-refractivity contribution in [3.63, 3.8) is 0 Å². The molecule has 2 rings (SSSR count). The fourth-order valence-corrected chi connectivity index (χ4v) is 1.61. The monoisotopic (exact) mass is 234 g/mol. The van der Waals surface area contributed by atoms with Crippen LogP contribution in [-0.4, -0.2) is 38.3 Å². The van der Waals surface area contributed by atoms with E-state index < -0.39 is 0 Å². The van der Waals surface area contributed by atoms with E-state index >= 15 is 0 Å². The number of hydrogen-bond acceptors (Lipinski definition) is 3. The van der Waals surface area contributed by atoms with Crippen LogP contribution in [0.1, 0.15) is 15.9 Å². The van der Waals surface area contributed by atoms with Gasteiger partial charge in [0.2, 0.25) is 0 Å². The number of ether oxygens (including phenoxy) is 1. The summed E-state index contributed by atoms with van der Waals surface area (Å²) < 4.78 is 5.04. The third-order valence-electron chi connectivity index (χ3n) is 2.80. The third kappa shape index (κ3) is 3.54. The second kappa shape index (κ2) is 5.80. The highest BCUT2D eigenvalue weighted by atomic mass is 16.5. The van der Waals surface area contributed by atoms with Gasteiger partial charge in [0.25, 0.3) is 5.91 Å². The summed E-state index contributed by atoms with van der Waals surface area (Å²) in [5.74, 6) is -0.0170. The molecule has 0 atom stereocenters. The summed E-state index contributed by atoms with van der Waals surface area (Å²) in [7, 11) is 0. The molecule has 1 heterocycles. The normalized spacial score (nSPS) is 15.4. The lowest BCUT2D eigenvalue weighted by atomic mass is 10.1. The Kier molecular flexibility index (Phi) is 4.12. The van der Waals surface area contributed by atoms with Crippen molar-refractivity contribution in [2.45, 2.75) is 13.0 Å². The summed E-state index contributed by atoms with van der Waals surface area (Å²) in [6.07, 6.45) is 0. The summed E-state index contributed by atoms with van der Waals surface area (Å²) in [6.45, 7) is 5.00. The van der Waals surface area contributed by atoms with Gasteiger partial charge in [-0.15, -0.1) is 0 Å². The Morgan fingerprint density at radius 3 is 2.59 bits per heavy atom. The molecule has 1 aromatic carbocycles. The quantitative estimate of drug-likeness (QED) is 0.738. The minimum Gasteiger partial charge on any atom is -0.378 e. The fourth-order valence-electron chi connectivity index (χ4n) is 1.61. The zero-order valence-corrected chi connectivity index (χ0v) is 10.0. The Morgan fingerprint density at radius 1 is 1.29 bits per heavy atom. The summed E-state index contributed by atoms with van der Waals surface area (Å²) in [5.41, 5.74) is 1.87. The number of benzene rings is 1. The topological polar surface area (TPSA) is 50.4 Å². The van der Waals surface area contributed by atoms with Crippen molar-refractivity contribution in [1.82, 2.24) is 10.6 Å². The van der Waals surface area contributed by atoms with E-state index in [0.29, 0.717) is 18.2 Å². The predicted octanol–water partition coefficient (Wildman–Crippen LogP) is 0.713. The molecule has 1 aliphatic rings. The molecule has 0 bridgehead atoms. The van der Waals surface area contributed by atoms with Gasteiger partial charge in [0.15, 0.2) is 0 Å². The van der Waals surface area contributed by atoms with E-state index in [0.717, 1.165) is 25.3 Å². The molecule has 4 nitrogen and oxygen atoms in total. The highest BCUT2D eigenvalue weighted by molar-refractivity contribution is 5.94. The van der Waals surface area contributed by atoms with Gasteiger partial charge in [-0.25, -0.2) is 0 Å². The third-order valence-corrected chi connectivity index (χ3v) is 2.80. The molecule has 0 spiro atoms.